The predicted molar refractivity (Wildman–Crippen MR) is 128 cm³/mol. The number of fused-ring (bicyclic) bond motifs is 5. The lowest BCUT2D eigenvalue weighted by Gasteiger charge is -2.25. The van der Waals surface area contributed by atoms with Crippen molar-refractivity contribution in [2.24, 2.45) is 4.40 Å². The quantitative estimate of drug-likeness (QED) is 0.449. The smallest absolute Gasteiger partial charge is 0.0566 e. The fraction of sp³-hybridized carbons (Fsp3) is 0.148. The highest BCUT2D eigenvalue weighted by molar-refractivity contribution is 7.98. The number of allylic oxidation sites excluding steroid dienone is 1. The van der Waals surface area contributed by atoms with Crippen LogP contribution >= 0.6 is 23.5 Å². The number of benzene rings is 3. The molecule has 2 aliphatic carbocycles. The van der Waals surface area contributed by atoms with E-state index in [0.717, 1.165) is 24.3 Å². The third-order valence-corrected chi connectivity index (χ3v) is 7.45. The highest BCUT2D eigenvalue weighted by Crippen LogP contribution is 2.34. The summed E-state index contributed by atoms with van der Waals surface area (Å²) < 4.78 is 5.00. The van der Waals surface area contributed by atoms with Crippen molar-refractivity contribution >= 4 is 47.5 Å². The molecular formula is C27H20ClNS. The minimum Gasteiger partial charge on any atom is -0.215 e. The van der Waals surface area contributed by atoms with Gasteiger partial charge in [-0.15, -0.1) is 0 Å². The van der Waals surface area contributed by atoms with Gasteiger partial charge in [-0.25, -0.2) is 4.40 Å². The molecule has 3 heteroatoms. The molecule has 6 rings (SSSR count). The molecule has 1 unspecified atom stereocenters. The Hall–Kier alpha value is -2.55. The molecule has 0 radical (unpaired) electrons. The molecular weight excluding hydrogens is 406 g/mol. The van der Waals surface area contributed by atoms with Crippen LogP contribution in [0.5, 0.6) is 0 Å². The molecule has 0 spiro atoms. The average Bonchev–Trinajstić information content (AvgIpc) is 3.00. The molecule has 1 heterocycles. The summed E-state index contributed by atoms with van der Waals surface area (Å²) in [7, 11) is 0. The molecule has 3 aliphatic rings. The fourth-order valence-electron chi connectivity index (χ4n) is 4.94. The molecule has 0 saturated carbocycles. The Bertz CT molecular complexity index is 1470. The van der Waals surface area contributed by atoms with Crippen molar-refractivity contribution < 1.29 is 0 Å². The van der Waals surface area contributed by atoms with Gasteiger partial charge in [0.25, 0.3) is 0 Å². The van der Waals surface area contributed by atoms with E-state index in [1.54, 1.807) is 11.9 Å². The third kappa shape index (κ3) is 2.98. The van der Waals surface area contributed by atoms with E-state index in [2.05, 4.69) is 72.8 Å². The van der Waals surface area contributed by atoms with Crippen LogP contribution in [0, 0.1) is 10.4 Å². The van der Waals surface area contributed by atoms with Crippen LogP contribution in [0.15, 0.2) is 70.0 Å². The van der Waals surface area contributed by atoms with E-state index < -0.39 is 0 Å². The molecule has 0 bridgehead atoms. The average molecular weight is 426 g/mol. The number of nitrogens with zero attached hydrogens (tertiary/aromatic N) is 1. The van der Waals surface area contributed by atoms with Crippen molar-refractivity contribution in [3.8, 4) is 0 Å². The van der Waals surface area contributed by atoms with Gasteiger partial charge in [-0.1, -0.05) is 66.2 Å². The van der Waals surface area contributed by atoms with E-state index in [0.29, 0.717) is 5.92 Å². The molecule has 1 atom stereocenters. The van der Waals surface area contributed by atoms with Gasteiger partial charge in [-0.2, -0.15) is 0 Å². The largest absolute Gasteiger partial charge is 0.215 e. The molecule has 3 aromatic carbocycles. The Balaban J connectivity index is 1.56. The molecule has 0 saturated heterocycles. The van der Waals surface area contributed by atoms with Gasteiger partial charge in [-0.3, -0.25) is 0 Å². The normalized spacial score (nSPS) is 18.6. The zero-order chi connectivity index (χ0) is 20.1. The summed E-state index contributed by atoms with van der Waals surface area (Å²) in [5.74, 6) is 0.334. The molecule has 146 valence electrons. The molecule has 1 aliphatic heterocycles. The SMILES string of the molecule is Clc1ccc2c(c1)=CCc1c3c(ccc1=2)=CCCC3C1=NSc2ccccc2C=C1. The van der Waals surface area contributed by atoms with Crippen molar-refractivity contribution in [2.45, 2.75) is 30.1 Å². The van der Waals surface area contributed by atoms with E-state index >= 15 is 0 Å². The monoisotopic (exact) mass is 425 g/mol. The summed E-state index contributed by atoms with van der Waals surface area (Å²) in [5.41, 5.74) is 5.34. The molecule has 0 N–H and O–H groups in total. The second-order valence-electron chi connectivity index (χ2n) is 8.05. The summed E-state index contributed by atoms with van der Waals surface area (Å²) in [6, 6.07) is 19.3. The van der Waals surface area contributed by atoms with Crippen LogP contribution in [0.1, 0.15) is 35.4 Å². The van der Waals surface area contributed by atoms with Crippen LogP contribution in [-0.4, -0.2) is 5.71 Å². The van der Waals surface area contributed by atoms with Crippen molar-refractivity contribution in [3.05, 3.63) is 103 Å². The van der Waals surface area contributed by atoms with Gasteiger partial charge in [0.05, 0.1) is 5.71 Å². The fourth-order valence-corrected chi connectivity index (χ4v) is 5.89. The van der Waals surface area contributed by atoms with Crippen molar-refractivity contribution in [2.75, 3.05) is 0 Å². The van der Waals surface area contributed by atoms with Crippen molar-refractivity contribution in [1.29, 1.82) is 0 Å². The van der Waals surface area contributed by atoms with Gasteiger partial charge in [0.1, 0.15) is 0 Å². The summed E-state index contributed by atoms with van der Waals surface area (Å²) in [6.45, 7) is 0. The van der Waals surface area contributed by atoms with Gasteiger partial charge >= 0.3 is 0 Å². The Morgan fingerprint density at radius 3 is 2.77 bits per heavy atom. The first-order valence-electron chi connectivity index (χ1n) is 10.4. The lowest BCUT2D eigenvalue weighted by Crippen LogP contribution is -2.26. The lowest BCUT2D eigenvalue weighted by atomic mass is 9.79. The number of halogens is 1. The predicted octanol–water partition coefficient (Wildman–Crippen LogP) is 5.80. The Labute approximate surface area is 185 Å². The van der Waals surface area contributed by atoms with Crippen LogP contribution in [0.25, 0.3) is 18.2 Å². The maximum Gasteiger partial charge on any atom is 0.0566 e. The number of hydrogen-bond donors (Lipinski definition) is 0. The second kappa shape index (κ2) is 7.30. The molecule has 1 nitrogen and oxygen atoms in total. The summed E-state index contributed by atoms with van der Waals surface area (Å²) in [5, 5.41) is 6.04. The van der Waals surface area contributed by atoms with E-state index in [9.17, 15) is 0 Å². The zero-order valence-corrected chi connectivity index (χ0v) is 18.0. The maximum absolute atomic E-state index is 6.25. The standard InChI is InChI=1S/C27H20ClNS/c28-20-11-14-21-19(16-20)9-13-23-22(21)12-8-18-5-3-6-24(27(18)23)25-15-10-17-4-1-2-7-26(17)30-29-25/h1-2,4-5,7-12,14-16,24H,3,6,13H2. The Morgan fingerprint density at radius 2 is 1.80 bits per heavy atom. The Kier molecular flexibility index (Phi) is 4.44. The highest BCUT2D eigenvalue weighted by atomic mass is 35.5. The molecule has 30 heavy (non-hydrogen) atoms. The molecule has 0 aromatic heterocycles. The summed E-state index contributed by atoms with van der Waals surface area (Å²) in [4.78, 5) is 1.22. The Morgan fingerprint density at radius 1 is 0.900 bits per heavy atom. The van der Waals surface area contributed by atoms with Crippen LogP contribution in [-0.2, 0) is 6.42 Å². The van der Waals surface area contributed by atoms with Crippen molar-refractivity contribution in [3.63, 3.8) is 0 Å². The molecule has 0 fully saturated rings. The second-order valence-corrected chi connectivity index (χ2v) is 9.29. The van der Waals surface area contributed by atoms with Crippen LogP contribution in [0.3, 0.4) is 0 Å². The topological polar surface area (TPSA) is 12.4 Å². The van der Waals surface area contributed by atoms with E-state index in [1.165, 1.54) is 48.2 Å². The van der Waals surface area contributed by atoms with E-state index in [-0.39, 0.29) is 0 Å². The van der Waals surface area contributed by atoms with Gasteiger partial charge in [0.2, 0.25) is 0 Å². The van der Waals surface area contributed by atoms with Crippen LogP contribution in [0.4, 0.5) is 0 Å². The number of hydrogen-bond acceptors (Lipinski definition) is 2. The van der Waals surface area contributed by atoms with Crippen molar-refractivity contribution in [1.82, 2.24) is 0 Å². The van der Waals surface area contributed by atoms with Gasteiger partial charge in [0.15, 0.2) is 0 Å². The zero-order valence-electron chi connectivity index (χ0n) is 16.4. The first-order chi connectivity index (χ1) is 14.8. The maximum atomic E-state index is 6.25. The molecule has 3 aromatic rings. The van der Waals surface area contributed by atoms with Crippen LogP contribution < -0.4 is 10.4 Å². The van der Waals surface area contributed by atoms with E-state index in [1.807, 2.05) is 6.07 Å². The summed E-state index contributed by atoms with van der Waals surface area (Å²) in [6.07, 6.45) is 12.3. The van der Waals surface area contributed by atoms with Gasteiger partial charge in [0, 0.05) is 27.8 Å². The van der Waals surface area contributed by atoms with Crippen LogP contribution in [0.2, 0.25) is 5.02 Å². The first kappa shape index (κ1) is 18.2. The van der Waals surface area contributed by atoms with E-state index in [4.69, 9.17) is 16.0 Å². The minimum atomic E-state index is 0.334. The first-order valence-corrected chi connectivity index (χ1v) is 11.6. The van der Waals surface area contributed by atoms with Gasteiger partial charge in [-0.05, 0) is 81.1 Å². The molecule has 0 amide bonds. The summed E-state index contributed by atoms with van der Waals surface area (Å²) >= 11 is 7.85. The third-order valence-electron chi connectivity index (χ3n) is 6.35. The lowest BCUT2D eigenvalue weighted by molar-refractivity contribution is 0.768. The highest BCUT2D eigenvalue weighted by Gasteiger charge is 2.25. The number of rotatable bonds is 1. The van der Waals surface area contributed by atoms with Gasteiger partial charge < -0.3 is 0 Å². The minimum absolute atomic E-state index is 0.334.